The van der Waals surface area contributed by atoms with Gasteiger partial charge in [0.2, 0.25) is 0 Å². The van der Waals surface area contributed by atoms with E-state index in [-0.39, 0.29) is 17.9 Å². The predicted molar refractivity (Wildman–Crippen MR) is 74.8 cm³/mol. The molecule has 0 aliphatic heterocycles. The molecule has 3 nitrogen and oxygen atoms in total. The molecular weight excluding hydrogens is 273 g/mol. The fourth-order valence-electron chi connectivity index (χ4n) is 1.42. The number of nitrogens with one attached hydrogen (secondary N) is 1. The summed E-state index contributed by atoms with van der Waals surface area (Å²) in [5, 5.41) is 3.39. The second kappa shape index (κ2) is 6.86. The Balaban J connectivity index is 2.87. The molecule has 0 fully saturated rings. The molecule has 100 valence electrons. The number of hydrogen-bond donors (Lipinski definition) is 1. The Morgan fingerprint density at radius 3 is 2.67 bits per heavy atom. The molecule has 1 aromatic rings. The van der Waals surface area contributed by atoms with Gasteiger partial charge in [0, 0.05) is 16.9 Å². The van der Waals surface area contributed by atoms with Crippen LogP contribution < -0.4 is 10.1 Å². The third-order valence-electron chi connectivity index (χ3n) is 2.86. The first kappa shape index (κ1) is 15.1. The summed E-state index contributed by atoms with van der Waals surface area (Å²) in [6, 6.07) is 4.93. The lowest BCUT2D eigenvalue weighted by Crippen LogP contribution is -2.37. The van der Waals surface area contributed by atoms with Gasteiger partial charge in [-0.3, -0.25) is 4.79 Å². The first-order chi connectivity index (χ1) is 8.49. The summed E-state index contributed by atoms with van der Waals surface area (Å²) in [7, 11) is 1.52. The zero-order valence-corrected chi connectivity index (χ0v) is 12.2. The maximum atomic E-state index is 12.1. The Morgan fingerprint density at radius 2 is 2.11 bits per heavy atom. The predicted octanol–water partition coefficient (Wildman–Crippen LogP) is 3.34. The van der Waals surface area contributed by atoms with Crippen LogP contribution in [0.25, 0.3) is 0 Å². The fraction of sp³-hybridized carbons (Fsp3) is 0.462. The lowest BCUT2D eigenvalue weighted by molar-refractivity contribution is 0.0928. The molecule has 0 aromatic heterocycles. The van der Waals surface area contributed by atoms with Gasteiger partial charge in [-0.05, 0) is 31.0 Å². The number of rotatable bonds is 5. The summed E-state index contributed by atoms with van der Waals surface area (Å²) in [6.07, 6.45) is 0. The molecule has 0 radical (unpaired) electrons. The summed E-state index contributed by atoms with van der Waals surface area (Å²) in [5.41, 5.74) is 0.429. The van der Waals surface area contributed by atoms with Gasteiger partial charge in [0.05, 0.1) is 12.7 Å². The molecule has 0 aliphatic carbocycles. The van der Waals surface area contributed by atoms with Crippen LogP contribution in [-0.4, -0.2) is 24.9 Å². The Labute approximate surface area is 117 Å². The SMILES string of the molecule is COc1ccc(Cl)cc1C(=O)NC(C)C(C)CCl. The highest BCUT2D eigenvalue weighted by Gasteiger charge is 2.18. The molecule has 2 atom stereocenters. The zero-order valence-electron chi connectivity index (χ0n) is 10.7. The van der Waals surface area contributed by atoms with Crippen LogP contribution in [0, 0.1) is 5.92 Å². The van der Waals surface area contributed by atoms with Gasteiger partial charge in [0.1, 0.15) is 5.75 Å². The summed E-state index contributed by atoms with van der Waals surface area (Å²) in [6.45, 7) is 3.90. The van der Waals surface area contributed by atoms with Crippen molar-refractivity contribution in [1.82, 2.24) is 5.32 Å². The van der Waals surface area contributed by atoms with Gasteiger partial charge in [-0.25, -0.2) is 0 Å². The largest absolute Gasteiger partial charge is 0.496 e. The van der Waals surface area contributed by atoms with Gasteiger partial charge in [0.25, 0.3) is 5.91 Å². The van der Waals surface area contributed by atoms with E-state index >= 15 is 0 Å². The molecule has 0 saturated carbocycles. The first-order valence-corrected chi connectivity index (χ1v) is 6.61. The van der Waals surface area contributed by atoms with E-state index in [0.717, 1.165) is 0 Å². The number of carbonyl (C=O) groups is 1. The van der Waals surface area contributed by atoms with E-state index in [0.29, 0.717) is 22.2 Å². The normalized spacial score (nSPS) is 13.8. The summed E-state index contributed by atoms with van der Waals surface area (Å²) in [5.74, 6) is 0.982. The van der Waals surface area contributed by atoms with Crippen LogP contribution in [0.15, 0.2) is 18.2 Å². The first-order valence-electron chi connectivity index (χ1n) is 5.70. The highest BCUT2D eigenvalue weighted by molar-refractivity contribution is 6.31. The number of benzene rings is 1. The van der Waals surface area contributed by atoms with E-state index < -0.39 is 0 Å². The Morgan fingerprint density at radius 1 is 1.44 bits per heavy atom. The van der Waals surface area contributed by atoms with Gasteiger partial charge < -0.3 is 10.1 Å². The summed E-state index contributed by atoms with van der Waals surface area (Å²) in [4.78, 5) is 12.1. The minimum Gasteiger partial charge on any atom is -0.496 e. The molecule has 1 rings (SSSR count). The summed E-state index contributed by atoms with van der Waals surface area (Å²) < 4.78 is 5.14. The third kappa shape index (κ3) is 3.79. The van der Waals surface area contributed by atoms with Crippen molar-refractivity contribution >= 4 is 29.1 Å². The third-order valence-corrected chi connectivity index (χ3v) is 3.58. The number of carbonyl (C=O) groups excluding carboxylic acids is 1. The Kier molecular flexibility index (Phi) is 5.76. The second-order valence-electron chi connectivity index (χ2n) is 4.24. The van der Waals surface area contributed by atoms with Crippen molar-refractivity contribution in [2.45, 2.75) is 19.9 Å². The molecule has 18 heavy (non-hydrogen) atoms. The Bertz CT molecular complexity index is 423. The molecule has 1 N–H and O–H groups in total. The molecule has 0 spiro atoms. The molecular formula is C13H17Cl2NO2. The van der Waals surface area contributed by atoms with E-state index in [4.69, 9.17) is 27.9 Å². The molecule has 1 amide bonds. The molecule has 0 aliphatic rings. The monoisotopic (exact) mass is 289 g/mol. The van der Waals surface area contributed by atoms with Crippen LogP contribution in [0.3, 0.4) is 0 Å². The van der Waals surface area contributed by atoms with Crippen LogP contribution >= 0.6 is 23.2 Å². The standard InChI is InChI=1S/C13H17Cl2NO2/c1-8(7-14)9(2)16-13(17)11-6-10(15)4-5-12(11)18-3/h4-6,8-9H,7H2,1-3H3,(H,16,17). The van der Waals surface area contributed by atoms with Crippen molar-refractivity contribution in [1.29, 1.82) is 0 Å². The smallest absolute Gasteiger partial charge is 0.255 e. The number of hydrogen-bond acceptors (Lipinski definition) is 2. The average Bonchev–Trinajstić information content (AvgIpc) is 2.37. The van der Waals surface area contributed by atoms with Crippen molar-refractivity contribution in [3.05, 3.63) is 28.8 Å². The maximum absolute atomic E-state index is 12.1. The minimum atomic E-state index is -0.209. The van der Waals surface area contributed by atoms with Gasteiger partial charge in [0.15, 0.2) is 0 Å². The lowest BCUT2D eigenvalue weighted by Gasteiger charge is -2.19. The van der Waals surface area contributed by atoms with E-state index in [1.165, 1.54) is 7.11 Å². The lowest BCUT2D eigenvalue weighted by atomic mass is 10.1. The molecule has 0 bridgehead atoms. The number of amides is 1. The molecule has 5 heteroatoms. The number of alkyl halides is 1. The van der Waals surface area contributed by atoms with E-state index in [9.17, 15) is 4.79 Å². The van der Waals surface area contributed by atoms with Gasteiger partial charge in [-0.1, -0.05) is 18.5 Å². The van der Waals surface area contributed by atoms with Gasteiger partial charge >= 0.3 is 0 Å². The number of ether oxygens (including phenoxy) is 1. The zero-order chi connectivity index (χ0) is 13.7. The minimum absolute atomic E-state index is 0.0151. The average molecular weight is 290 g/mol. The molecule has 1 aromatic carbocycles. The number of halogens is 2. The van der Waals surface area contributed by atoms with Crippen LogP contribution in [0.4, 0.5) is 0 Å². The van der Waals surface area contributed by atoms with E-state index in [1.807, 2.05) is 13.8 Å². The second-order valence-corrected chi connectivity index (χ2v) is 4.98. The van der Waals surface area contributed by atoms with Crippen molar-refractivity contribution in [2.75, 3.05) is 13.0 Å². The van der Waals surface area contributed by atoms with Crippen LogP contribution in [0.2, 0.25) is 5.02 Å². The molecule has 0 heterocycles. The van der Waals surface area contributed by atoms with Crippen molar-refractivity contribution < 1.29 is 9.53 Å². The topological polar surface area (TPSA) is 38.3 Å². The van der Waals surface area contributed by atoms with E-state index in [2.05, 4.69) is 5.32 Å². The van der Waals surface area contributed by atoms with Gasteiger partial charge in [-0.15, -0.1) is 11.6 Å². The fourth-order valence-corrected chi connectivity index (χ4v) is 1.86. The van der Waals surface area contributed by atoms with Crippen molar-refractivity contribution in [3.63, 3.8) is 0 Å². The van der Waals surface area contributed by atoms with Gasteiger partial charge in [-0.2, -0.15) is 0 Å². The van der Waals surface area contributed by atoms with Crippen LogP contribution in [0.1, 0.15) is 24.2 Å². The Hall–Kier alpha value is -0.930. The molecule has 2 unspecified atom stereocenters. The van der Waals surface area contributed by atoms with Crippen molar-refractivity contribution in [3.8, 4) is 5.75 Å². The molecule has 0 saturated heterocycles. The van der Waals surface area contributed by atoms with Crippen molar-refractivity contribution in [2.24, 2.45) is 5.92 Å². The quantitative estimate of drug-likeness (QED) is 0.845. The van der Waals surface area contributed by atoms with Crippen LogP contribution in [-0.2, 0) is 0 Å². The summed E-state index contributed by atoms with van der Waals surface area (Å²) >= 11 is 11.7. The maximum Gasteiger partial charge on any atom is 0.255 e. The van der Waals surface area contributed by atoms with E-state index in [1.54, 1.807) is 18.2 Å². The number of methoxy groups -OCH3 is 1. The van der Waals surface area contributed by atoms with Crippen LogP contribution in [0.5, 0.6) is 5.75 Å². The highest BCUT2D eigenvalue weighted by atomic mass is 35.5. The highest BCUT2D eigenvalue weighted by Crippen LogP contribution is 2.22.